The fourth-order valence-corrected chi connectivity index (χ4v) is 2.70. The summed E-state index contributed by atoms with van der Waals surface area (Å²) in [6.07, 6.45) is -0.864. The van der Waals surface area contributed by atoms with E-state index in [-0.39, 0.29) is 18.7 Å². The second-order valence-electron chi connectivity index (χ2n) is 6.76. The Kier molecular flexibility index (Phi) is 8.44. The van der Waals surface area contributed by atoms with Gasteiger partial charge in [0.15, 0.2) is 11.6 Å². The molecule has 0 fully saturated rings. The molecule has 0 aromatic heterocycles. The van der Waals surface area contributed by atoms with Crippen molar-refractivity contribution in [1.29, 1.82) is 0 Å². The van der Waals surface area contributed by atoms with Crippen molar-refractivity contribution in [3.63, 3.8) is 0 Å². The normalized spacial score (nSPS) is 12.3. The summed E-state index contributed by atoms with van der Waals surface area (Å²) in [7, 11) is 0. The maximum absolute atomic E-state index is 12.3. The molecule has 0 spiro atoms. The van der Waals surface area contributed by atoms with Crippen LogP contribution >= 0.6 is 0 Å². The molecule has 1 amide bonds. The van der Waals surface area contributed by atoms with Gasteiger partial charge in [-0.15, -0.1) is 0 Å². The molecular formula is C23H24N2O5. The van der Waals surface area contributed by atoms with E-state index in [4.69, 9.17) is 10.8 Å². The number of amides is 1. The Bertz CT molecular complexity index is 971. The number of Topliss-reactive ketones (excluding diaryl/α,β-unsaturated/α-hetero) is 2. The zero-order valence-corrected chi connectivity index (χ0v) is 16.6. The van der Waals surface area contributed by atoms with E-state index < -0.39 is 30.4 Å². The average Bonchev–Trinajstić information content (AvgIpc) is 2.75. The second-order valence-corrected chi connectivity index (χ2v) is 6.76. The predicted molar refractivity (Wildman–Crippen MR) is 112 cm³/mol. The molecule has 2 atom stereocenters. The van der Waals surface area contributed by atoms with E-state index in [2.05, 4.69) is 17.2 Å². The Morgan fingerprint density at radius 2 is 1.73 bits per heavy atom. The van der Waals surface area contributed by atoms with Crippen molar-refractivity contribution >= 4 is 17.5 Å². The van der Waals surface area contributed by atoms with E-state index in [1.54, 1.807) is 24.3 Å². The lowest BCUT2D eigenvalue weighted by Crippen LogP contribution is -2.48. The lowest BCUT2D eigenvalue weighted by molar-refractivity contribution is -0.126. The molecule has 7 heteroatoms. The average molecular weight is 408 g/mol. The first-order chi connectivity index (χ1) is 14.3. The Labute approximate surface area is 174 Å². The van der Waals surface area contributed by atoms with Crippen LogP contribution in [0.1, 0.15) is 34.0 Å². The van der Waals surface area contributed by atoms with Gasteiger partial charge < -0.3 is 21.3 Å². The first-order valence-electron chi connectivity index (χ1n) is 9.39. The molecule has 0 bridgehead atoms. The van der Waals surface area contributed by atoms with Crippen LogP contribution in [-0.2, 0) is 16.0 Å². The van der Waals surface area contributed by atoms with Gasteiger partial charge in [-0.05, 0) is 48.9 Å². The van der Waals surface area contributed by atoms with Gasteiger partial charge in [0.2, 0.25) is 0 Å². The highest BCUT2D eigenvalue weighted by Crippen LogP contribution is 2.08. The monoisotopic (exact) mass is 408 g/mol. The van der Waals surface area contributed by atoms with Crippen LogP contribution in [0.5, 0.6) is 0 Å². The van der Waals surface area contributed by atoms with Crippen LogP contribution in [-0.4, -0.2) is 53.0 Å². The molecule has 2 aromatic carbocycles. The summed E-state index contributed by atoms with van der Waals surface area (Å²) in [4.78, 5) is 35.4. The second kappa shape index (κ2) is 11.0. The van der Waals surface area contributed by atoms with E-state index in [1.165, 1.54) is 6.92 Å². The molecular weight excluding hydrogens is 384 g/mol. The van der Waals surface area contributed by atoms with E-state index in [1.807, 2.05) is 24.3 Å². The van der Waals surface area contributed by atoms with E-state index >= 15 is 0 Å². The van der Waals surface area contributed by atoms with E-state index in [0.29, 0.717) is 11.1 Å². The number of rotatable bonds is 8. The molecule has 0 unspecified atom stereocenters. The lowest BCUT2D eigenvalue weighted by atomic mass is 10.1. The standard InChI is InChI=1S/C23H24N2O5/c1-15(27)22(21(29)14-26)25-23(30)19-9-7-16(8-10-19)5-6-17-3-2-4-18(11-17)12-20(28)13-24/h2-4,7-11,15,22,26-27H,12-14,24H2,1H3,(H,25,30)/t15-,22+/m1/s1. The molecule has 0 saturated heterocycles. The van der Waals surface area contributed by atoms with Crippen molar-refractivity contribution in [2.75, 3.05) is 13.2 Å². The number of nitrogens with two attached hydrogens (primary N) is 1. The van der Waals surface area contributed by atoms with Crippen LogP contribution in [0.3, 0.4) is 0 Å². The number of aliphatic hydroxyl groups excluding tert-OH is 2. The number of carbonyl (C=O) groups excluding carboxylic acids is 3. The summed E-state index contributed by atoms with van der Waals surface area (Å²) in [5.41, 5.74) is 7.90. The molecule has 2 aromatic rings. The van der Waals surface area contributed by atoms with Crippen LogP contribution in [0.4, 0.5) is 0 Å². The molecule has 156 valence electrons. The highest BCUT2D eigenvalue weighted by atomic mass is 16.3. The molecule has 0 heterocycles. The maximum Gasteiger partial charge on any atom is 0.251 e. The van der Waals surface area contributed by atoms with Crippen LogP contribution < -0.4 is 11.1 Å². The minimum Gasteiger partial charge on any atom is -0.391 e. The van der Waals surface area contributed by atoms with Crippen molar-refractivity contribution in [3.05, 3.63) is 70.8 Å². The van der Waals surface area contributed by atoms with Crippen molar-refractivity contribution < 1.29 is 24.6 Å². The van der Waals surface area contributed by atoms with Gasteiger partial charge in [-0.3, -0.25) is 14.4 Å². The fraction of sp³-hybridized carbons (Fsp3) is 0.261. The van der Waals surface area contributed by atoms with Crippen molar-refractivity contribution in [1.82, 2.24) is 5.32 Å². The van der Waals surface area contributed by atoms with Crippen LogP contribution in [0, 0.1) is 11.8 Å². The molecule has 7 nitrogen and oxygen atoms in total. The Morgan fingerprint density at radius 3 is 2.33 bits per heavy atom. The smallest absolute Gasteiger partial charge is 0.251 e. The summed E-state index contributed by atoms with van der Waals surface area (Å²) in [5.74, 6) is 4.74. The third-order valence-corrected chi connectivity index (χ3v) is 4.33. The SMILES string of the molecule is C[C@@H](O)[C@H](NC(=O)c1ccc(C#Cc2cccc(CC(=O)CN)c2)cc1)C(=O)CO. The first-order valence-corrected chi connectivity index (χ1v) is 9.39. The van der Waals surface area contributed by atoms with Gasteiger partial charge in [0.25, 0.3) is 5.91 Å². The zero-order chi connectivity index (χ0) is 22.1. The quantitative estimate of drug-likeness (QED) is 0.462. The van der Waals surface area contributed by atoms with Gasteiger partial charge in [0, 0.05) is 23.1 Å². The van der Waals surface area contributed by atoms with Gasteiger partial charge in [-0.1, -0.05) is 24.0 Å². The number of hydrogen-bond donors (Lipinski definition) is 4. The van der Waals surface area contributed by atoms with Gasteiger partial charge in [-0.2, -0.15) is 0 Å². The number of ketones is 2. The summed E-state index contributed by atoms with van der Waals surface area (Å²) in [6, 6.07) is 12.6. The minimum absolute atomic E-state index is 0.00194. The summed E-state index contributed by atoms with van der Waals surface area (Å²) < 4.78 is 0. The largest absolute Gasteiger partial charge is 0.391 e. The van der Waals surface area contributed by atoms with Crippen molar-refractivity contribution in [2.24, 2.45) is 5.73 Å². The molecule has 0 saturated carbocycles. The third kappa shape index (κ3) is 6.64. The van der Waals surface area contributed by atoms with Crippen LogP contribution in [0.15, 0.2) is 48.5 Å². The molecule has 0 aliphatic rings. The number of carbonyl (C=O) groups is 3. The fourth-order valence-electron chi connectivity index (χ4n) is 2.70. The van der Waals surface area contributed by atoms with Crippen molar-refractivity contribution in [2.45, 2.75) is 25.5 Å². The summed E-state index contributed by atoms with van der Waals surface area (Å²) in [6.45, 7) is 0.589. The van der Waals surface area contributed by atoms with Gasteiger partial charge in [0.1, 0.15) is 12.6 Å². The highest BCUT2D eigenvalue weighted by molar-refractivity contribution is 5.98. The maximum atomic E-state index is 12.3. The van der Waals surface area contributed by atoms with Crippen LogP contribution in [0.25, 0.3) is 0 Å². The predicted octanol–water partition coefficient (Wildman–Crippen LogP) is 0.197. The number of hydrogen-bond acceptors (Lipinski definition) is 6. The lowest BCUT2D eigenvalue weighted by Gasteiger charge is -2.19. The summed E-state index contributed by atoms with van der Waals surface area (Å²) in [5, 5.41) is 21.0. The summed E-state index contributed by atoms with van der Waals surface area (Å²) >= 11 is 0. The molecule has 0 aliphatic heterocycles. The Balaban J connectivity index is 2.08. The van der Waals surface area contributed by atoms with Gasteiger partial charge in [-0.25, -0.2) is 0 Å². The van der Waals surface area contributed by atoms with E-state index in [9.17, 15) is 19.5 Å². The van der Waals surface area contributed by atoms with E-state index in [0.717, 1.165) is 11.1 Å². The topological polar surface area (TPSA) is 130 Å². The minimum atomic E-state index is -1.18. The highest BCUT2D eigenvalue weighted by Gasteiger charge is 2.25. The molecule has 0 aliphatic carbocycles. The molecule has 0 radical (unpaired) electrons. The van der Waals surface area contributed by atoms with Crippen LogP contribution in [0.2, 0.25) is 0 Å². The number of aliphatic hydroxyl groups is 2. The molecule has 5 N–H and O–H groups in total. The third-order valence-electron chi connectivity index (χ3n) is 4.33. The van der Waals surface area contributed by atoms with Gasteiger partial charge >= 0.3 is 0 Å². The first kappa shape index (κ1) is 23.0. The zero-order valence-electron chi connectivity index (χ0n) is 16.6. The Hall–Kier alpha value is -3.31. The number of benzene rings is 2. The molecule has 2 rings (SSSR count). The van der Waals surface area contributed by atoms with Gasteiger partial charge in [0.05, 0.1) is 12.6 Å². The number of nitrogens with one attached hydrogen (secondary N) is 1. The Morgan fingerprint density at radius 1 is 1.07 bits per heavy atom. The van der Waals surface area contributed by atoms with Crippen molar-refractivity contribution in [3.8, 4) is 11.8 Å². The molecule has 30 heavy (non-hydrogen) atoms.